The topological polar surface area (TPSA) is 196 Å². The maximum Gasteiger partial charge on any atom is 0.332 e. The number of rotatable bonds is 15. The average Bonchev–Trinajstić information content (AvgIpc) is 3.40. The second-order valence-corrected chi connectivity index (χ2v) is 13.4. The molecule has 5 atom stereocenters. The van der Waals surface area contributed by atoms with Gasteiger partial charge in [-0.2, -0.15) is 0 Å². The molecule has 5 unspecified atom stereocenters. The molecule has 13 nitrogen and oxygen atoms in total. The molecule has 2 aromatic rings. The molecule has 3 amide bonds. The molecule has 2 fully saturated rings. The number of nitrogens with one attached hydrogen (secondary N) is 2. The van der Waals surface area contributed by atoms with E-state index >= 15 is 0 Å². The number of hydrogen-bond donors (Lipinski definition) is 5. The number of esters is 1. The number of nitrogens with two attached hydrogens (primary N) is 1. The van der Waals surface area contributed by atoms with Crippen molar-refractivity contribution < 1.29 is 48.3 Å². The predicted octanol–water partition coefficient (Wildman–Crippen LogP) is 3.54. The highest BCUT2D eigenvalue weighted by Gasteiger charge is 2.56. The molecule has 3 aliphatic rings. The summed E-state index contributed by atoms with van der Waals surface area (Å²) >= 11 is 0. The molecule has 0 aliphatic heterocycles. The number of phenols is 2. The molecule has 3 aliphatic carbocycles. The number of fused-ring (bicyclic) bond motifs is 5. The van der Waals surface area contributed by atoms with E-state index in [-0.39, 0.29) is 86.2 Å². The Hall–Kier alpha value is -4.36. The van der Waals surface area contributed by atoms with Crippen LogP contribution in [0.1, 0.15) is 79.3 Å². The molecule has 0 saturated heterocycles. The summed E-state index contributed by atoms with van der Waals surface area (Å²) in [7, 11) is 1.32. The second-order valence-electron chi connectivity index (χ2n) is 13.4. The minimum absolute atomic E-state index is 0.0256. The number of hydrogen-bond acceptors (Lipinski definition) is 10. The van der Waals surface area contributed by atoms with Crippen LogP contribution >= 0.6 is 0 Å². The molecular formula is C36H47N3O10. The summed E-state index contributed by atoms with van der Waals surface area (Å²) in [5.41, 5.74) is 7.61. The molecule has 2 saturated carbocycles. The Morgan fingerprint density at radius 3 is 2.51 bits per heavy atom. The summed E-state index contributed by atoms with van der Waals surface area (Å²) in [5.74, 6) is -0.726. The van der Waals surface area contributed by atoms with E-state index in [0.29, 0.717) is 23.5 Å². The summed E-state index contributed by atoms with van der Waals surface area (Å²) in [4.78, 5) is 48.7. The average molecular weight is 682 g/mol. The lowest BCUT2D eigenvalue weighted by molar-refractivity contribution is -0.163. The van der Waals surface area contributed by atoms with Crippen molar-refractivity contribution in [3.63, 3.8) is 0 Å². The Bertz CT molecular complexity index is 1550. The van der Waals surface area contributed by atoms with Crippen LogP contribution in [0.2, 0.25) is 0 Å². The first kappa shape index (κ1) is 35.9. The number of aryl methyl sites for hydroxylation is 1. The molecule has 13 heteroatoms. The van der Waals surface area contributed by atoms with Crippen molar-refractivity contribution in [1.82, 2.24) is 5.32 Å². The number of aromatic hydroxyl groups is 2. The van der Waals surface area contributed by atoms with Gasteiger partial charge in [0.1, 0.15) is 29.8 Å². The number of ether oxygens (including phenoxy) is 4. The van der Waals surface area contributed by atoms with Crippen LogP contribution in [-0.4, -0.2) is 80.1 Å². The maximum absolute atomic E-state index is 12.7. The molecule has 6 N–H and O–H groups in total. The largest absolute Gasteiger partial charge is 0.508 e. The molecule has 0 bridgehead atoms. The third kappa shape index (κ3) is 8.27. The summed E-state index contributed by atoms with van der Waals surface area (Å²) in [6, 6.07) is 8.57. The zero-order valence-corrected chi connectivity index (χ0v) is 28.1. The molecule has 0 aromatic heterocycles. The van der Waals surface area contributed by atoms with Gasteiger partial charge in [-0.15, -0.1) is 0 Å². The Balaban J connectivity index is 0.926. The lowest BCUT2D eigenvalue weighted by Crippen LogP contribution is -2.45. The highest BCUT2D eigenvalue weighted by atomic mass is 16.6. The van der Waals surface area contributed by atoms with Gasteiger partial charge in [0, 0.05) is 24.8 Å². The highest BCUT2D eigenvalue weighted by molar-refractivity contribution is 6.03. The first-order valence-electron chi connectivity index (χ1n) is 16.9. The lowest BCUT2D eigenvalue weighted by Gasteiger charge is -2.50. The van der Waals surface area contributed by atoms with Crippen LogP contribution < -0.4 is 21.1 Å². The Morgan fingerprint density at radius 1 is 0.959 bits per heavy atom. The van der Waals surface area contributed by atoms with Gasteiger partial charge in [-0.1, -0.05) is 13.0 Å². The number of primary amides is 1. The van der Waals surface area contributed by atoms with Gasteiger partial charge in [0.2, 0.25) is 11.8 Å². The van der Waals surface area contributed by atoms with Crippen molar-refractivity contribution in [3.8, 4) is 17.2 Å². The fourth-order valence-corrected chi connectivity index (χ4v) is 8.15. The van der Waals surface area contributed by atoms with Crippen molar-refractivity contribution >= 4 is 29.4 Å². The van der Waals surface area contributed by atoms with E-state index in [1.165, 1.54) is 30.4 Å². The van der Waals surface area contributed by atoms with Gasteiger partial charge in [-0.05, 0) is 91.7 Å². The summed E-state index contributed by atoms with van der Waals surface area (Å²) in [6.45, 7) is 3.00. The van der Waals surface area contributed by atoms with E-state index in [0.717, 1.165) is 38.5 Å². The van der Waals surface area contributed by atoms with Gasteiger partial charge in [-0.3, -0.25) is 14.4 Å². The molecule has 0 spiro atoms. The third-order valence-electron chi connectivity index (χ3n) is 10.5. The first-order chi connectivity index (χ1) is 23.5. The van der Waals surface area contributed by atoms with Gasteiger partial charge in [0.15, 0.2) is 5.75 Å². The molecule has 49 heavy (non-hydrogen) atoms. The van der Waals surface area contributed by atoms with Crippen molar-refractivity contribution in [3.05, 3.63) is 47.0 Å². The second kappa shape index (κ2) is 15.9. The molecule has 0 radical (unpaired) electrons. The molecule has 2 aromatic carbocycles. The highest BCUT2D eigenvalue weighted by Crippen LogP contribution is 2.61. The molecule has 0 heterocycles. The number of amides is 3. The normalized spacial score (nSPS) is 23.8. The van der Waals surface area contributed by atoms with E-state index in [4.69, 9.17) is 24.7 Å². The first-order valence-corrected chi connectivity index (χ1v) is 16.9. The van der Waals surface area contributed by atoms with Crippen LogP contribution in [0.25, 0.3) is 0 Å². The van der Waals surface area contributed by atoms with Gasteiger partial charge >= 0.3 is 5.97 Å². The van der Waals surface area contributed by atoms with Crippen molar-refractivity contribution in [1.29, 1.82) is 0 Å². The van der Waals surface area contributed by atoms with Gasteiger partial charge < -0.3 is 45.5 Å². The smallest absolute Gasteiger partial charge is 0.332 e. The fraction of sp³-hybridized carbons (Fsp3) is 0.556. The number of carbonyl (C=O) groups is 4. The van der Waals surface area contributed by atoms with Crippen molar-refractivity contribution in [2.75, 3.05) is 45.4 Å². The minimum Gasteiger partial charge on any atom is -0.508 e. The number of benzene rings is 2. The molecule has 5 rings (SSSR count). The van der Waals surface area contributed by atoms with Crippen LogP contribution in [0.15, 0.2) is 30.3 Å². The van der Waals surface area contributed by atoms with Gasteiger partial charge in [0.05, 0.1) is 32.6 Å². The number of methoxy groups -OCH3 is 1. The monoisotopic (exact) mass is 681 g/mol. The van der Waals surface area contributed by atoms with Crippen LogP contribution in [0.5, 0.6) is 17.2 Å². The third-order valence-corrected chi connectivity index (χ3v) is 10.5. The van der Waals surface area contributed by atoms with E-state index < -0.39 is 17.6 Å². The SMILES string of the molecule is COc1ccc(NC(=O)CCC(=O)NCCOCCOCC(=O)OC2CCC3C4CCc5cc(O)ccc5C4CCC23C)c(O)c1C(N)=O. The quantitative estimate of drug-likeness (QED) is 0.105. The Kier molecular flexibility index (Phi) is 11.7. The van der Waals surface area contributed by atoms with Crippen molar-refractivity contribution in [2.45, 2.75) is 70.3 Å². The number of phenolic OH excluding ortho intramolecular Hbond substituents is 1. The summed E-state index contributed by atoms with van der Waals surface area (Å²) in [6.07, 6.45) is 5.68. The number of anilines is 1. The zero-order valence-electron chi connectivity index (χ0n) is 28.1. The lowest BCUT2D eigenvalue weighted by atomic mass is 9.55. The Labute approximate surface area is 285 Å². The van der Waals surface area contributed by atoms with Crippen LogP contribution in [0.3, 0.4) is 0 Å². The summed E-state index contributed by atoms with van der Waals surface area (Å²) in [5, 5.41) is 25.3. The molecule has 266 valence electrons. The minimum atomic E-state index is -0.916. The van der Waals surface area contributed by atoms with Crippen LogP contribution in [-0.2, 0) is 35.0 Å². The molecular weight excluding hydrogens is 634 g/mol. The van der Waals surface area contributed by atoms with Crippen LogP contribution in [0.4, 0.5) is 5.69 Å². The maximum atomic E-state index is 12.7. The summed E-state index contributed by atoms with van der Waals surface area (Å²) < 4.78 is 21.9. The van der Waals surface area contributed by atoms with E-state index in [2.05, 4.69) is 23.6 Å². The van der Waals surface area contributed by atoms with Gasteiger partial charge in [-0.25, -0.2) is 4.79 Å². The van der Waals surface area contributed by atoms with E-state index in [9.17, 15) is 29.4 Å². The number of carbonyl (C=O) groups excluding carboxylic acids is 4. The van der Waals surface area contributed by atoms with E-state index in [1.54, 1.807) is 6.07 Å². The van der Waals surface area contributed by atoms with Crippen LogP contribution in [0, 0.1) is 17.3 Å². The fourth-order valence-electron chi connectivity index (χ4n) is 8.15. The van der Waals surface area contributed by atoms with Gasteiger partial charge in [0.25, 0.3) is 5.91 Å². The van der Waals surface area contributed by atoms with Crippen molar-refractivity contribution in [2.24, 2.45) is 23.0 Å². The predicted molar refractivity (Wildman–Crippen MR) is 178 cm³/mol. The standard InChI is InChI=1S/C36H47N3O10/c1-36-14-13-24-23-6-4-22(40)19-21(23)3-5-25(24)26(36)7-10-29(36)49-32(43)20-48-18-17-47-16-15-38-30(41)11-12-31(42)39-27-8-9-28(46-2)33(34(27)44)35(37)45/h4,6,8-9,19,24-26,29,40,44H,3,5,7,10-18,20H2,1-2H3,(H2,37,45)(H,38,41)(H,39,42). The van der Waals surface area contributed by atoms with E-state index in [1.807, 2.05) is 6.07 Å². The zero-order chi connectivity index (χ0) is 35.1. The Morgan fingerprint density at radius 2 is 1.73 bits per heavy atom.